The Bertz CT molecular complexity index is 70.1. The van der Waals surface area contributed by atoms with Crippen molar-refractivity contribution in [2.75, 3.05) is 25.5 Å². The molecule has 3 heteroatoms. The highest BCUT2D eigenvalue weighted by Crippen LogP contribution is 1.94. The molecule has 0 radical (unpaired) electrons. The van der Waals surface area contributed by atoms with Crippen LogP contribution in [0.1, 0.15) is 6.92 Å². The Hall–Kier alpha value is 0.400. The topological polar surface area (TPSA) is 23.5 Å². The van der Waals surface area contributed by atoms with Crippen LogP contribution in [0.2, 0.25) is 0 Å². The van der Waals surface area contributed by atoms with Crippen LogP contribution in [-0.2, 0) is 0 Å². The largest absolute Gasteiger partial charge is 0.395 e. The second-order valence-electron chi connectivity index (χ2n) is 2.20. The first-order chi connectivity index (χ1) is 4.22. The van der Waals surface area contributed by atoms with Crippen LogP contribution in [0, 0.1) is 0 Å². The van der Waals surface area contributed by atoms with Crippen LogP contribution in [0.15, 0.2) is 0 Å². The molecule has 0 amide bonds. The van der Waals surface area contributed by atoms with Gasteiger partial charge in [0.15, 0.2) is 0 Å². The molecule has 2 nitrogen and oxygen atoms in total. The number of hydrogen-bond acceptors (Lipinski definition) is 2. The van der Waals surface area contributed by atoms with Crippen LogP contribution >= 0.6 is 15.9 Å². The molecule has 0 saturated heterocycles. The number of hydrogen-bond donors (Lipinski definition) is 1. The van der Waals surface area contributed by atoms with Crippen LogP contribution in [0.3, 0.4) is 0 Å². The first kappa shape index (κ1) is 9.40. The van der Waals surface area contributed by atoms with E-state index in [9.17, 15) is 0 Å². The van der Waals surface area contributed by atoms with Crippen molar-refractivity contribution in [1.82, 2.24) is 4.90 Å². The summed E-state index contributed by atoms with van der Waals surface area (Å²) in [6, 6.07) is 0.280. The first-order valence-corrected chi connectivity index (χ1v) is 4.21. The van der Waals surface area contributed by atoms with E-state index in [0.717, 1.165) is 11.9 Å². The number of halogens is 1. The van der Waals surface area contributed by atoms with Crippen LogP contribution in [0.5, 0.6) is 0 Å². The molecule has 0 aliphatic heterocycles. The first-order valence-electron chi connectivity index (χ1n) is 3.09. The van der Waals surface area contributed by atoms with Gasteiger partial charge in [0, 0.05) is 17.9 Å². The summed E-state index contributed by atoms with van der Waals surface area (Å²) in [5.41, 5.74) is 0. The third-order valence-electron chi connectivity index (χ3n) is 1.45. The minimum Gasteiger partial charge on any atom is -0.395 e. The average Bonchev–Trinajstić information content (AvgIpc) is 1.87. The third kappa shape index (κ3) is 3.89. The van der Waals surface area contributed by atoms with Gasteiger partial charge in [0.05, 0.1) is 6.61 Å². The number of likely N-dealkylation sites (N-methyl/N-ethyl adjacent to an activating group) is 1. The van der Waals surface area contributed by atoms with E-state index in [1.165, 1.54) is 0 Å². The van der Waals surface area contributed by atoms with Gasteiger partial charge in [0.2, 0.25) is 0 Å². The van der Waals surface area contributed by atoms with Gasteiger partial charge in [-0.25, -0.2) is 0 Å². The van der Waals surface area contributed by atoms with E-state index >= 15 is 0 Å². The van der Waals surface area contributed by atoms with Gasteiger partial charge in [-0.3, -0.25) is 0 Å². The van der Waals surface area contributed by atoms with Crippen molar-refractivity contribution < 1.29 is 5.11 Å². The van der Waals surface area contributed by atoms with E-state index in [0.29, 0.717) is 0 Å². The monoisotopic (exact) mass is 195 g/mol. The maximum absolute atomic E-state index is 8.67. The fourth-order valence-electron chi connectivity index (χ4n) is 0.493. The molecular weight excluding hydrogens is 182 g/mol. The minimum atomic E-state index is 0.240. The van der Waals surface area contributed by atoms with Crippen molar-refractivity contribution in [3.8, 4) is 0 Å². The zero-order valence-electron chi connectivity index (χ0n) is 5.97. The molecule has 1 unspecified atom stereocenters. The molecule has 0 heterocycles. The summed E-state index contributed by atoms with van der Waals surface area (Å²) in [6.45, 7) is 3.23. The molecule has 0 aliphatic rings. The van der Waals surface area contributed by atoms with Gasteiger partial charge in [-0.2, -0.15) is 0 Å². The Kier molecular flexibility index (Phi) is 5.44. The second-order valence-corrected chi connectivity index (χ2v) is 2.99. The number of alkyl halides is 1. The maximum atomic E-state index is 8.67. The summed E-state index contributed by atoms with van der Waals surface area (Å²) in [5.74, 6) is 0. The van der Waals surface area contributed by atoms with Crippen LogP contribution < -0.4 is 0 Å². The van der Waals surface area contributed by atoms with Gasteiger partial charge in [0.1, 0.15) is 0 Å². The van der Waals surface area contributed by atoms with Crippen molar-refractivity contribution in [1.29, 1.82) is 0 Å². The zero-order chi connectivity index (χ0) is 7.28. The fourth-order valence-corrected chi connectivity index (χ4v) is 1.05. The average molecular weight is 196 g/mol. The standard InChI is InChI=1S/C6H14BrNO/c1-6(5-9)8(2)4-3-7/h6,9H,3-5H2,1-2H3. The molecular formula is C6H14BrNO. The molecule has 0 rings (SSSR count). The van der Waals surface area contributed by atoms with Crippen molar-refractivity contribution in [2.24, 2.45) is 0 Å². The van der Waals surface area contributed by atoms with Gasteiger partial charge < -0.3 is 10.0 Å². The lowest BCUT2D eigenvalue weighted by Crippen LogP contribution is -2.33. The molecule has 1 N–H and O–H groups in total. The molecule has 56 valence electrons. The summed E-state index contributed by atoms with van der Waals surface area (Å²) in [4.78, 5) is 2.11. The van der Waals surface area contributed by atoms with E-state index < -0.39 is 0 Å². The third-order valence-corrected chi connectivity index (χ3v) is 1.81. The molecule has 0 bridgehead atoms. The van der Waals surface area contributed by atoms with Crippen molar-refractivity contribution in [3.05, 3.63) is 0 Å². The summed E-state index contributed by atoms with van der Waals surface area (Å²) < 4.78 is 0. The molecule has 0 aromatic heterocycles. The zero-order valence-corrected chi connectivity index (χ0v) is 7.56. The van der Waals surface area contributed by atoms with Gasteiger partial charge in [-0.05, 0) is 14.0 Å². The minimum absolute atomic E-state index is 0.240. The van der Waals surface area contributed by atoms with Gasteiger partial charge in [-0.1, -0.05) is 15.9 Å². The lowest BCUT2D eigenvalue weighted by atomic mass is 10.3. The summed E-state index contributed by atoms with van der Waals surface area (Å²) >= 11 is 3.32. The van der Waals surface area contributed by atoms with E-state index in [1.807, 2.05) is 14.0 Å². The van der Waals surface area contributed by atoms with Gasteiger partial charge >= 0.3 is 0 Å². The highest BCUT2D eigenvalue weighted by atomic mass is 79.9. The lowest BCUT2D eigenvalue weighted by molar-refractivity contribution is 0.166. The van der Waals surface area contributed by atoms with E-state index in [1.54, 1.807) is 0 Å². The molecule has 0 saturated carbocycles. The second kappa shape index (κ2) is 5.21. The fraction of sp³-hybridized carbons (Fsp3) is 1.00. The molecule has 0 aliphatic carbocycles. The number of aliphatic hydroxyl groups excluding tert-OH is 1. The van der Waals surface area contributed by atoms with Gasteiger partial charge in [-0.15, -0.1) is 0 Å². The number of rotatable bonds is 4. The van der Waals surface area contributed by atoms with Gasteiger partial charge in [0.25, 0.3) is 0 Å². The number of aliphatic hydroxyl groups is 1. The quantitative estimate of drug-likeness (QED) is 0.669. The van der Waals surface area contributed by atoms with Crippen molar-refractivity contribution in [3.63, 3.8) is 0 Å². The Morgan fingerprint density at radius 2 is 2.22 bits per heavy atom. The summed E-state index contributed by atoms with van der Waals surface area (Å²) in [6.07, 6.45) is 0. The predicted octanol–water partition coefficient (Wildman–Crippen LogP) is 0.694. The molecule has 0 spiro atoms. The predicted molar refractivity (Wildman–Crippen MR) is 43.0 cm³/mol. The molecule has 1 atom stereocenters. The highest BCUT2D eigenvalue weighted by molar-refractivity contribution is 9.09. The van der Waals surface area contributed by atoms with Crippen molar-refractivity contribution >= 4 is 15.9 Å². The molecule has 0 aromatic carbocycles. The Balaban J connectivity index is 3.32. The molecule has 0 fully saturated rings. The Labute approximate surface area is 65.0 Å². The van der Waals surface area contributed by atoms with Crippen LogP contribution in [0.4, 0.5) is 0 Å². The summed E-state index contributed by atoms with van der Waals surface area (Å²) in [5, 5.41) is 9.64. The SMILES string of the molecule is CC(CO)N(C)CCBr. The Morgan fingerprint density at radius 1 is 1.67 bits per heavy atom. The van der Waals surface area contributed by atoms with Crippen LogP contribution in [-0.4, -0.2) is 41.6 Å². The number of nitrogens with zero attached hydrogens (tertiary/aromatic N) is 1. The summed E-state index contributed by atoms with van der Waals surface area (Å²) in [7, 11) is 2.00. The Morgan fingerprint density at radius 3 is 2.56 bits per heavy atom. The van der Waals surface area contributed by atoms with E-state index in [4.69, 9.17) is 5.11 Å². The molecule has 0 aromatic rings. The lowest BCUT2D eigenvalue weighted by Gasteiger charge is -2.21. The molecule has 9 heavy (non-hydrogen) atoms. The maximum Gasteiger partial charge on any atom is 0.0584 e. The van der Waals surface area contributed by atoms with Crippen LogP contribution in [0.25, 0.3) is 0 Å². The van der Waals surface area contributed by atoms with Crippen molar-refractivity contribution in [2.45, 2.75) is 13.0 Å². The highest BCUT2D eigenvalue weighted by Gasteiger charge is 2.04. The normalized spacial score (nSPS) is 14.3. The van der Waals surface area contributed by atoms with E-state index in [-0.39, 0.29) is 12.6 Å². The smallest absolute Gasteiger partial charge is 0.0584 e. The van der Waals surface area contributed by atoms with E-state index in [2.05, 4.69) is 20.8 Å².